The number of piperidine rings is 1. The van der Waals surface area contributed by atoms with Crippen molar-refractivity contribution in [1.82, 2.24) is 15.2 Å². The van der Waals surface area contributed by atoms with Crippen LogP contribution in [-0.2, 0) is 0 Å². The van der Waals surface area contributed by atoms with Gasteiger partial charge >= 0.3 is 6.03 Å². The molecule has 0 bridgehead atoms. The van der Waals surface area contributed by atoms with Gasteiger partial charge in [-0.3, -0.25) is 9.69 Å². The Morgan fingerprint density at radius 1 is 1.33 bits per heavy atom. The number of carbonyl (C=O) groups excluding carboxylic acids is 2. The van der Waals surface area contributed by atoms with Gasteiger partial charge in [0.1, 0.15) is 15.5 Å². The number of likely N-dealkylation sites (N-methyl/N-ethyl adjacent to an activating group) is 1. The second kappa shape index (κ2) is 8.64. The fraction of sp³-hybridized carbons (Fsp3) is 0.375. The smallest absolute Gasteiger partial charge is 0.331 e. The van der Waals surface area contributed by atoms with E-state index in [1.807, 2.05) is 38.1 Å². The van der Waals surface area contributed by atoms with Crippen LogP contribution in [0.25, 0.3) is 10.2 Å². The van der Waals surface area contributed by atoms with Crippen LogP contribution >= 0.6 is 11.3 Å². The molecule has 1 atom stereocenters. The number of pyridine rings is 1. The molecule has 5 rings (SSSR count). The van der Waals surface area contributed by atoms with Gasteiger partial charge in [0.25, 0.3) is 5.91 Å². The second-order valence-electron chi connectivity index (χ2n) is 8.54. The first-order chi connectivity index (χ1) is 16.0. The highest BCUT2D eigenvalue weighted by Gasteiger charge is 2.34. The maximum Gasteiger partial charge on any atom is 0.331 e. The van der Waals surface area contributed by atoms with Crippen molar-refractivity contribution in [2.75, 3.05) is 37.0 Å². The minimum absolute atomic E-state index is 0.100. The van der Waals surface area contributed by atoms with Crippen molar-refractivity contribution in [2.45, 2.75) is 32.7 Å². The minimum atomic E-state index is -0.299. The largest absolute Gasteiger partial charge is 0.494 e. The van der Waals surface area contributed by atoms with Crippen LogP contribution in [0.2, 0.25) is 0 Å². The number of amides is 3. The number of nitrogens with one attached hydrogen (secondary N) is 2. The maximum atomic E-state index is 13.3. The van der Waals surface area contributed by atoms with Crippen molar-refractivity contribution >= 4 is 50.6 Å². The van der Waals surface area contributed by atoms with E-state index in [9.17, 15) is 9.59 Å². The van der Waals surface area contributed by atoms with Gasteiger partial charge in [-0.2, -0.15) is 0 Å². The molecule has 1 saturated heterocycles. The van der Waals surface area contributed by atoms with E-state index in [1.54, 1.807) is 11.1 Å². The third-order valence-corrected chi connectivity index (χ3v) is 7.23. The first kappa shape index (κ1) is 21.7. The number of likely N-dealkylation sites (tertiary alicyclic amines) is 1. The predicted octanol–water partition coefficient (Wildman–Crippen LogP) is 4.51. The number of urea groups is 1. The van der Waals surface area contributed by atoms with Crippen LogP contribution in [0, 0.1) is 6.92 Å². The zero-order valence-electron chi connectivity index (χ0n) is 19.0. The zero-order valence-corrected chi connectivity index (χ0v) is 19.8. The number of aromatic nitrogens is 1. The topological polar surface area (TPSA) is 86.8 Å². The van der Waals surface area contributed by atoms with Crippen molar-refractivity contribution in [2.24, 2.45) is 0 Å². The summed E-state index contributed by atoms with van der Waals surface area (Å²) in [4.78, 5) is 36.1. The summed E-state index contributed by atoms with van der Waals surface area (Å²) in [6, 6.07) is 7.30. The number of hydrogen-bond donors (Lipinski definition) is 2. The molecule has 9 heteroatoms. The number of hydrogen-bond acceptors (Lipinski definition) is 6. The van der Waals surface area contributed by atoms with Crippen molar-refractivity contribution in [3.8, 4) is 5.75 Å². The Labute approximate surface area is 196 Å². The highest BCUT2D eigenvalue weighted by molar-refractivity contribution is 7.21. The Kier molecular flexibility index (Phi) is 5.67. The highest BCUT2D eigenvalue weighted by atomic mass is 32.1. The summed E-state index contributed by atoms with van der Waals surface area (Å²) in [5.74, 6) is 0.602. The van der Waals surface area contributed by atoms with E-state index in [1.165, 1.54) is 11.3 Å². The number of nitrogens with zero attached hydrogens (tertiary/aromatic N) is 3. The lowest BCUT2D eigenvalue weighted by Crippen LogP contribution is -2.46. The number of benzene rings is 1. The van der Waals surface area contributed by atoms with E-state index in [4.69, 9.17) is 4.74 Å². The Morgan fingerprint density at radius 3 is 2.94 bits per heavy atom. The molecular weight excluding hydrogens is 438 g/mol. The van der Waals surface area contributed by atoms with E-state index in [-0.39, 0.29) is 18.0 Å². The van der Waals surface area contributed by atoms with E-state index in [2.05, 4.69) is 27.6 Å². The summed E-state index contributed by atoms with van der Waals surface area (Å²) in [5.41, 5.74) is 2.94. The normalized spacial score (nSPS) is 18.3. The van der Waals surface area contributed by atoms with Gasteiger partial charge in [-0.05, 0) is 70.1 Å². The van der Waals surface area contributed by atoms with E-state index in [0.29, 0.717) is 17.2 Å². The van der Waals surface area contributed by atoms with Crippen LogP contribution in [0.4, 0.5) is 21.9 Å². The average molecular weight is 466 g/mol. The number of anilines is 3. The summed E-state index contributed by atoms with van der Waals surface area (Å²) >= 11 is 1.31. The van der Waals surface area contributed by atoms with Crippen LogP contribution in [0.3, 0.4) is 0 Å². The molecule has 172 valence electrons. The van der Waals surface area contributed by atoms with Gasteiger partial charge in [0.15, 0.2) is 0 Å². The summed E-state index contributed by atoms with van der Waals surface area (Å²) in [6.07, 6.45) is 3.70. The van der Waals surface area contributed by atoms with Crippen molar-refractivity contribution < 1.29 is 14.3 Å². The Hall–Kier alpha value is -3.17. The summed E-state index contributed by atoms with van der Waals surface area (Å²) < 4.78 is 5.59. The van der Waals surface area contributed by atoms with Crippen molar-refractivity contribution in [3.05, 3.63) is 40.9 Å². The number of carbonyl (C=O) groups is 2. The number of aryl methyl sites for hydroxylation is 1. The number of ether oxygens (including phenoxy) is 1. The third kappa shape index (κ3) is 3.91. The Balaban J connectivity index is 1.52. The van der Waals surface area contributed by atoms with Crippen LogP contribution in [0.1, 0.15) is 35.0 Å². The zero-order chi connectivity index (χ0) is 23.1. The molecule has 0 aliphatic carbocycles. The highest BCUT2D eigenvalue weighted by Crippen LogP contribution is 2.46. The monoisotopic (exact) mass is 465 g/mol. The van der Waals surface area contributed by atoms with Gasteiger partial charge in [0.05, 0.1) is 29.1 Å². The lowest BCUT2D eigenvalue weighted by Gasteiger charge is -2.31. The molecule has 1 fully saturated rings. The molecule has 3 aromatic rings. The predicted molar refractivity (Wildman–Crippen MR) is 131 cm³/mol. The minimum Gasteiger partial charge on any atom is -0.494 e. The van der Waals surface area contributed by atoms with Crippen LogP contribution in [0.5, 0.6) is 5.75 Å². The average Bonchev–Trinajstić information content (AvgIpc) is 3.15. The summed E-state index contributed by atoms with van der Waals surface area (Å²) in [6.45, 7) is 6.34. The fourth-order valence-corrected chi connectivity index (χ4v) is 5.68. The first-order valence-electron chi connectivity index (χ1n) is 11.2. The van der Waals surface area contributed by atoms with E-state index >= 15 is 0 Å². The molecule has 8 nitrogen and oxygen atoms in total. The molecule has 3 amide bonds. The molecule has 0 radical (unpaired) electrons. The molecule has 2 aliphatic rings. The molecule has 2 aromatic heterocycles. The van der Waals surface area contributed by atoms with Crippen LogP contribution in [0.15, 0.2) is 30.5 Å². The summed E-state index contributed by atoms with van der Waals surface area (Å²) in [7, 11) is 2.06. The molecule has 0 unspecified atom stereocenters. The summed E-state index contributed by atoms with van der Waals surface area (Å²) in [5, 5.41) is 6.92. The van der Waals surface area contributed by atoms with Gasteiger partial charge in [-0.25, -0.2) is 9.78 Å². The SMILES string of the molecule is CCOc1ccc(N2C(=O)Nc3c(C(=O)N[C@@H]4CCCN(C)C4)sc4nccc2c34)c(C)c1. The molecule has 2 aliphatic heterocycles. The van der Waals surface area contributed by atoms with Gasteiger partial charge in [-0.15, -0.1) is 11.3 Å². The second-order valence-corrected chi connectivity index (χ2v) is 9.54. The van der Waals surface area contributed by atoms with Gasteiger partial charge in [0, 0.05) is 18.8 Å². The fourth-order valence-electron chi connectivity index (χ4n) is 4.65. The molecule has 0 spiro atoms. The molecule has 33 heavy (non-hydrogen) atoms. The van der Waals surface area contributed by atoms with Crippen molar-refractivity contribution in [1.29, 1.82) is 0 Å². The Bertz CT molecular complexity index is 1240. The quantitative estimate of drug-likeness (QED) is 0.579. The molecule has 4 heterocycles. The molecular formula is C24H27N5O3S. The molecule has 0 saturated carbocycles. The lowest BCUT2D eigenvalue weighted by molar-refractivity contribution is 0.0917. The number of rotatable bonds is 5. The van der Waals surface area contributed by atoms with E-state index in [0.717, 1.165) is 58.8 Å². The third-order valence-electron chi connectivity index (χ3n) is 6.13. The molecule has 1 aromatic carbocycles. The van der Waals surface area contributed by atoms with Gasteiger partial charge in [0.2, 0.25) is 0 Å². The number of thiophene rings is 1. The maximum absolute atomic E-state index is 13.3. The first-order valence-corrected chi connectivity index (χ1v) is 12.0. The standard InChI is InChI=1S/C24H27N5O3S/c1-4-32-16-7-8-17(14(2)12-16)29-18-9-10-25-23-19(18)20(27-24(29)31)21(33-23)22(30)26-15-6-5-11-28(3)13-15/h7-10,12,15H,4-6,11,13H2,1-3H3,(H,26,30)(H,27,31)/t15-/m1/s1. The van der Waals surface area contributed by atoms with Crippen LogP contribution < -0.4 is 20.3 Å². The van der Waals surface area contributed by atoms with Crippen molar-refractivity contribution in [3.63, 3.8) is 0 Å². The van der Waals surface area contributed by atoms with Gasteiger partial charge < -0.3 is 20.3 Å². The van der Waals surface area contributed by atoms with Crippen LogP contribution in [-0.4, -0.2) is 54.6 Å². The lowest BCUT2D eigenvalue weighted by atomic mass is 10.1. The molecule has 2 N–H and O–H groups in total. The van der Waals surface area contributed by atoms with E-state index < -0.39 is 0 Å². The Morgan fingerprint density at radius 2 is 2.18 bits per heavy atom. The van der Waals surface area contributed by atoms with Gasteiger partial charge in [-0.1, -0.05) is 0 Å².